The zero-order chi connectivity index (χ0) is 40.8. The van der Waals surface area contributed by atoms with Gasteiger partial charge < -0.3 is 4.90 Å². The van der Waals surface area contributed by atoms with E-state index in [2.05, 4.69) is 229 Å². The number of fused-ring (bicyclic) bond motifs is 14. The summed E-state index contributed by atoms with van der Waals surface area (Å²) in [6.45, 7) is 0.703. The first kappa shape index (κ1) is 35.3. The van der Waals surface area contributed by atoms with E-state index in [-0.39, 0.29) is 5.41 Å². The molecular formula is C60H39NS. The average Bonchev–Trinajstić information content (AvgIpc) is 3.97. The molecule has 1 aromatic heterocycles. The van der Waals surface area contributed by atoms with Crippen LogP contribution in [0.4, 0.5) is 11.4 Å². The lowest BCUT2D eigenvalue weighted by atomic mass is 9.70. The Morgan fingerprint density at radius 1 is 0.339 bits per heavy atom. The number of benzene rings is 10. The molecule has 11 aromatic rings. The lowest BCUT2D eigenvalue weighted by Crippen LogP contribution is -2.26. The summed E-state index contributed by atoms with van der Waals surface area (Å²) >= 11 is 1.87. The van der Waals surface area contributed by atoms with Crippen molar-refractivity contribution in [2.75, 3.05) is 4.90 Å². The van der Waals surface area contributed by atoms with E-state index in [0.29, 0.717) is 6.54 Å². The van der Waals surface area contributed by atoms with Gasteiger partial charge in [0.15, 0.2) is 0 Å². The van der Waals surface area contributed by atoms with Gasteiger partial charge >= 0.3 is 0 Å². The van der Waals surface area contributed by atoms with Crippen LogP contribution in [-0.2, 0) is 12.0 Å². The minimum absolute atomic E-state index is 0.384. The molecule has 0 aliphatic heterocycles. The van der Waals surface area contributed by atoms with Crippen molar-refractivity contribution in [2.45, 2.75) is 12.0 Å². The van der Waals surface area contributed by atoms with E-state index in [0.717, 1.165) is 11.4 Å². The fraction of sp³-hybridized carbons (Fsp3) is 0.0333. The van der Waals surface area contributed by atoms with Crippen LogP contribution in [0.1, 0.15) is 27.8 Å². The molecule has 2 aliphatic carbocycles. The Kier molecular flexibility index (Phi) is 7.82. The molecule has 62 heavy (non-hydrogen) atoms. The SMILES string of the molecule is c1cc(-c2ccc3sc4ccccc4c3c2)cc(N(Cc2ccc3c(c2)C2(c4ccccc4-c4ccccc42)c2ccccc2-3)c2ccc(-c3cccc4ccccc34)cc2)c1. The first-order valence-electron chi connectivity index (χ1n) is 21.5. The van der Waals surface area contributed by atoms with Crippen molar-refractivity contribution < 1.29 is 0 Å². The molecule has 1 nitrogen and oxygen atoms in total. The zero-order valence-corrected chi connectivity index (χ0v) is 34.7. The highest BCUT2D eigenvalue weighted by atomic mass is 32.1. The highest BCUT2D eigenvalue weighted by molar-refractivity contribution is 7.25. The molecule has 1 heterocycles. The minimum Gasteiger partial charge on any atom is -0.337 e. The van der Waals surface area contributed by atoms with Gasteiger partial charge in [-0.2, -0.15) is 0 Å². The first-order chi connectivity index (χ1) is 30.7. The zero-order valence-electron chi connectivity index (χ0n) is 33.9. The molecule has 2 heteroatoms. The van der Waals surface area contributed by atoms with Crippen LogP contribution in [-0.4, -0.2) is 0 Å². The third kappa shape index (κ3) is 5.20. The minimum atomic E-state index is -0.384. The van der Waals surface area contributed by atoms with Crippen molar-refractivity contribution in [3.05, 3.63) is 252 Å². The summed E-state index contributed by atoms with van der Waals surface area (Å²) in [6.07, 6.45) is 0. The van der Waals surface area contributed by atoms with Crippen molar-refractivity contribution in [1.29, 1.82) is 0 Å². The third-order valence-corrected chi connectivity index (χ3v) is 14.7. The maximum absolute atomic E-state index is 2.52. The largest absolute Gasteiger partial charge is 0.337 e. The fourth-order valence-electron chi connectivity index (χ4n) is 10.8. The molecule has 13 rings (SSSR count). The van der Waals surface area contributed by atoms with Gasteiger partial charge in [-0.25, -0.2) is 0 Å². The fourth-order valence-corrected chi connectivity index (χ4v) is 11.9. The summed E-state index contributed by atoms with van der Waals surface area (Å²) in [5.41, 5.74) is 18.9. The average molecular weight is 806 g/mol. The van der Waals surface area contributed by atoms with Crippen LogP contribution >= 0.6 is 11.3 Å². The van der Waals surface area contributed by atoms with Gasteiger partial charge in [0, 0.05) is 38.1 Å². The second-order valence-electron chi connectivity index (χ2n) is 16.8. The molecule has 0 saturated carbocycles. The van der Waals surface area contributed by atoms with Crippen molar-refractivity contribution in [1.82, 2.24) is 0 Å². The summed E-state index contributed by atoms with van der Waals surface area (Å²) in [5, 5.41) is 5.16. The van der Waals surface area contributed by atoms with Gasteiger partial charge in [-0.05, 0) is 126 Å². The van der Waals surface area contributed by atoms with E-state index in [4.69, 9.17) is 0 Å². The predicted octanol–water partition coefficient (Wildman–Crippen LogP) is 16.2. The van der Waals surface area contributed by atoms with E-state index in [1.807, 2.05) is 11.3 Å². The Morgan fingerprint density at radius 2 is 0.903 bits per heavy atom. The molecule has 0 atom stereocenters. The van der Waals surface area contributed by atoms with E-state index in [1.165, 1.54) is 103 Å². The maximum Gasteiger partial charge on any atom is 0.0725 e. The summed E-state index contributed by atoms with van der Waals surface area (Å²) in [4.78, 5) is 2.50. The van der Waals surface area contributed by atoms with E-state index >= 15 is 0 Å². The lowest BCUT2D eigenvalue weighted by molar-refractivity contribution is 0.790. The molecule has 290 valence electrons. The van der Waals surface area contributed by atoms with Crippen molar-refractivity contribution in [2.24, 2.45) is 0 Å². The number of hydrogen-bond donors (Lipinski definition) is 0. The van der Waals surface area contributed by atoms with Crippen LogP contribution in [0.5, 0.6) is 0 Å². The van der Waals surface area contributed by atoms with Gasteiger partial charge in [-0.1, -0.05) is 182 Å². The van der Waals surface area contributed by atoms with E-state index in [9.17, 15) is 0 Å². The molecular weight excluding hydrogens is 767 g/mol. The normalized spacial score (nSPS) is 13.0. The standard InChI is InChI=1S/C60H39NS/c1-2-17-46-40(13-1)14-12-22-47(46)41-28-31-44(32-29-41)61(45-16-11-15-42(36-45)43-30-34-59-53(37-43)52-21-6-10-26-58(52)62-59)38-39-27-33-51-50-20-5-9-25-56(50)60(57(51)35-39)54-23-7-3-18-48(54)49-19-4-8-24-55(49)60/h1-37H,38H2. The maximum atomic E-state index is 2.52. The third-order valence-electron chi connectivity index (χ3n) is 13.5. The molecule has 0 saturated heterocycles. The van der Waals surface area contributed by atoms with Gasteiger partial charge in [0.2, 0.25) is 0 Å². The number of thiophene rings is 1. The molecule has 1 spiro atoms. The van der Waals surface area contributed by atoms with Crippen LogP contribution in [0.25, 0.3) is 75.5 Å². The lowest BCUT2D eigenvalue weighted by Gasteiger charge is -2.31. The van der Waals surface area contributed by atoms with Gasteiger partial charge in [0.05, 0.1) is 5.41 Å². The van der Waals surface area contributed by atoms with Gasteiger partial charge in [-0.15, -0.1) is 11.3 Å². The molecule has 0 radical (unpaired) electrons. The molecule has 0 bridgehead atoms. The highest BCUT2D eigenvalue weighted by Crippen LogP contribution is 2.62. The second kappa shape index (κ2) is 13.8. The Morgan fingerprint density at radius 3 is 1.66 bits per heavy atom. The molecule has 0 unspecified atom stereocenters. The molecule has 10 aromatic carbocycles. The highest BCUT2D eigenvalue weighted by Gasteiger charge is 2.51. The van der Waals surface area contributed by atoms with Gasteiger partial charge in [0.25, 0.3) is 0 Å². The Hall–Kier alpha value is -7.52. The summed E-state index contributed by atoms with van der Waals surface area (Å²) < 4.78 is 2.65. The van der Waals surface area contributed by atoms with E-state index in [1.54, 1.807) is 0 Å². The smallest absolute Gasteiger partial charge is 0.0725 e. The van der Waals surface area contributed by atoms with Gasteiger partial charge in [-0.3, -0.25) is 0 Å². The Balaban J connectivity index is 0.961. The van der Waals surface area contributed by atoms with Crippen LogP contribution in [0.3, 0.4) is 0 Å². The van der Waals surface area contributed by atoms with Crippen molar-refractivity contribution >= 4 is 53.7 Å². The Labute approximate surface area is 365 Å². The van der Waals surface area contributed by atoms with E-state index < -0.39 is 0 Å². The summed E-state index contributed by atoms with van der Waals surface area (Å²) in [6, 6.07) is 83.8. The monoisotopic (exact) mass is 805 g/mol. The molecule has 0 N–H and O–H groups in total. The molecule has 2 aliphatic rings. The second-order valence-corrected chi connectivity index (χ2v) is 17.9. The molecule has 0 fully saturated rings. The van der Waals surface area contributed by atoms with Crippen LogP contribution in [0.2, 0.25) is 0 Å². The number of rotatable bonds is 6. The van der Waals surface area contributed by atoms with Crippen LogP contribution < -0.4 is 4.90 Å². The molecule has 0 amide bonds. The van der Waals surface area contributed by atoms with Crippen LogP contribution in [0, 0.1) is 0 Å². The topological polar surface area (TPSA) is 3.24 Å². The van der Waals surface area contributed by atoms with Crippen LogP contribution in [0.15, 0.2) is 224 Å². The number of anilines is 2. The number of hydrogen-bond acceptors (Lipinski definition) is 2. The predicted molar refractivity (Wildman–Crippen MR) is 263 cm³/mol. The quantitative estimate of drug-likeness (QED) is 0.162. The first-order valence-corrected chi connectivity index (χ1v) is 22.3. The summed E-state index contributed by atoms with van der Waals surface area (Å²) in [7, 11) is 0. The number of nitrogens with zero attached hydrogens (tertiary/aromatic N) is 1. The summed E-state index contributed by atoms with van der Waals surface area (Å²) in [5.74, 6) is 0. The van der Waals surface area contributed by atoms with Crippen molar-refractivity contribution in [3.63, 3.8) is 0 Å². The van der Waals surface area contributed by atoms with Gasteiger partial charge in [0.1, 0.15) is 0 Å². The Bertz CT molecular complexity index is 3500. The van der Waals surface area contributed by atoms with Crippen molar-refractivity contribution in [3.8, 4) is 44.5 Å².